The fourth-order valence-electron chi connectivity index (χ4n) is 3.70. The van der Waals surface area contributed by atoms with Crippen LogP contribution in [0.4, 0.5) is 14.6 Å². The van der Waals surface area contributed by atoms with Crippen LogP contribution in [-0.4, -0.2) is 33.3 Å². The van der Waals surface area contributed by atoms with E-state index in [9.17, 15) is 19.1 Å². The van der Waals surface area contributed by atoms with Crippen LogP contribution in [0.5, 0.6) is 5.88 Å². The SMILES string of the molecule is COc1nc2ncnc(N[C@H](C)c3cccc(C(F)(F)[C@H](C)O)c3)c2cc1C1(C#N)CC1. The Morgan fingerprint density at radius 3 is 2.62 bits per heavy atom. The summed E-state index contributed by atoms with van der Waals surface area (Å²) in [5.74, 6) is -2.52. The lowest BCUT2D eigenvalue weighted by atomic mass is 9.97. The second-order valence-corrected chi connectivity index (χ2v) is 8.12. The van der Waals surface area contributed by atoms with E-state index in [1.54, 1.807) is 6.07 Å². The topological polar surface area (TPSA) is 104 Å². The van der Waals surface area contributed by atoms with Crippen molar-refractivity contribution in [1.29, 1.82) is 5.26 Å². The van der Waals surface area contributed by atoms with Crippen molar-refractivity contribution in [1.82, 2.24) is 15.0 Å². The number of ether oxygens (including phenoxy) is 1. The molecule has 1 saturated carbocycles. The van der Waals surface area contributed by atoms with Crippen molar-refractivity contribution in [3.63, 3.8) is 0 Å². The lowest BCUT2D eigenvalue weighted by Gasteiger charge is -2.22. The van der Waals surface area contributed by atoms with Crippen LogP contribution in [0.2, 0.25) is 0 Å². The van der Waals surface area contributed by atoms with Crippen LogP contribution < -0.4 is 10.1 Å². The molecule has 1 aliphatic carbocycles. The Kier molecular flexibility index (Phi) is 5.42. The Morgan fingerprint density at radius 1 is 1.25 bits per heavy atom. The molecular weight excluding hydrogens is 416 g/mol. The van der Waals surface area contributed by atoms with E-state index in [1.165, 1.54) is 31.6 Å². The number of hydrogen-bond acceptors (Lipinski definition) is 7. The standard InChI is InChI=1S/C23H23F2N5O2/c1-13(15-5-4-6-16(9-15)23(24,25)14(2)31)29-19-17-10-18(22(11-26)7-8-22)21(32-3)30-20(17)28-12-27-19/h4-6,9-10,12-14,31H,7-8H2,1-3H3,(H,27,28,29,30)/t13-,14+/m1/s1. The predicted molar refractivity (Wildman–Crippen MR) is 114 cm³/mol. The number of aliphatic hydroxyl groups is 1. The first-order valence-corrected chi connectivity index (χ1v) is 10.3. The largest absolute Gasteiger partial charge is 0.481 e. The molecule has 2 aromatic heterocycles. The third kappa shape index (κ3) is 3.71. The summed E-state index contributed by atoms with van der Waals surface area (Å²) in [5.41, 5.74) is 0.820. The molecule has 32 heavy (non-hydrogen) atoms. The molecule has 0 amide bonds. The maximum Gasteiger partial charge on any atom is 0.298 e. The molecule has 0 spiro atoms. The second kappa shape index (κ2) is 7.95. The van der Waals surface area contributed by atoms with E-state index in [2.05, 4.69) is 26.3 Å². The van der Waals surface area contributed by atoms with Crippen LogP contribution in [-0.2, 0) is 11.3 Å². The number of alkyl halides is 2. The molecule has 0 saturated heterocycles. The van der Waals surface area contributed by atoms with Gasteiger partial charge in [0, 0.05) is 17.2 Å². The van der Waals surface area contributed by atoms with Gasteiger partial charge in [0.1, 0.15) is 18.2 Å². The third-order valence-corrected chi connectivity index (χ3v) is 5.91. The first kappa shape index (κ1) is 21.8. The van der Waals surface area contributed by atoms with Crippen LogP contribution >= 0.6 is 0 Å². The number of benzene rings is 1. The van der Waals surface area contributed by atoms with E-state index in [-0.39, 0.29) is 11.6 Å². The van der Waals surface area contributed by atoms with Gasteiger partial charge in [0.25, 0.3) is 5.92 Å². The van der Waals surface area contributed by atoms with Gasteiger partial charge in [0.2, 0.25) is 5.88 Å². The summed E-state index contributed by atoms with van der Waals surface area (Å²) in [6.07, 6.45) is 1.01. The zero-order valence-corrected chi connectivity index (χ0v) is 17.9. The molecule has 166 valence electrons. The number of anilines is 1. The van der Waals surface area contributed by atoms with E-state index >= 15 is 0 Å². The summed E-state index contributed by atoms with van der Waals surface area (Å²) in [4.78, 5) is 13.0. The number of pyridine rings is 1. The molecule has 7 nitrogen and oxygen atoms in total. The summed E-state index contributed by atoms with van der Waals surface area (Å²) < 4.78 is 34.0. The lowest BCUT2D eigenvalue weighted by molar-refractivity contribution is -0.106. The smallest absolute Gasteiger partial charge is 0.298 e. The summed E-state index contributed by atoms with van der Waals surface area (Å²) in [5, 5.41) is 22.9. The van der Waals surface area contributed by atoms with Crippen molar-refractivity contribution < 1.29 is 18.6 Å². The van der Waals surface area contributed by atoms with Gasteiger partial charge in [0.05, 0.1) is 24.0 Å². The van der Waals surface area contributed by atoms with Crippen molar-refractivity contribution in [2.75, 3.05) is 12.4 Å². The van der Waals surface area contributed by atoms with Crippen LogP contribution in [0.15, 0.2) is 36.7 Å². The van der Waals surface area contributed by atoms with Crippen molar-refractivity contribution in [2.24, 2.45) is 0 Å². The Morgan fingerprint density at radius 2 is 2.00 bits per heavy atom. The molecule has 0 bridgehead atoms. The van der Waals surface area contributed by atoms with Crippen LogP contribution in [0.1, 0.15) is 49.4 Å². The Balaban J connectivity index is 1.71. The molecular formula is C23H23F2N5O2. The van der Waals surface area contributed by atoms with Crippen molar-refractivity contribution in [3.05, 3.63) is 53.3 Å². The lowest BCUT2D eigenvalue weighted by Crippen LogP contribution is -2.28. The van der Waals surface area contributed by atoms with Gasteiger partial charge in [-0.25, -0.2) is 9.97 Å². The second-order valence-electron chi connectivity index (χ2n) is 8.12. The number of nitrogens with one attached hydrogen (secondary N) is 1. The Bertz CT molecular complexity index is 1200. The fourth-order valence-corrected chi connectivity index (χ4v) is 3.70. The molecule has 1 fully saturated rings. The Labute approximate surface area is 184 Å². The summed E-state index contributed by atoms with van der Waals surface area (Å²) >= 11 is 0. The number of hydrogen-bond donors (Lipinski definition) is 2. The molecule has 9 heteroatoms. The molecule has 0 unspecified atom stereocenters. The van der Waals surface area contributed by atoms with Crippen molar-refractivity contribution >= 4 is 16.9 Å². The van der Waals surface area contributed by atoms with E-state index in [1.807, 2.05) is 13.0 Å². The number of aromatic nitrogens is 3. The monoisotopic (exact) mass is 439 g/mol. The molecule has 3 aromatic rings. The number of nitrogens with zero attached hydrogens (tertiary/aromatic N) is 4. The van der Waals surface area contributed by atoms with Crippen LogP contribution in [0, 0.1) is 11.3 Å². The molecule has 2 atom stereocenters. The maximum atomic E-state index is 14.3. The van der Waals surface area contributed by atoms with Crippen molar-refractivity contribution in [2.45, 2.75) is 50.2 Å². The third-order valence-electron chi connectivity index (χ3n) is 5.91. The van der Waals surface area contributed by atoms with Gasteiger partial charge >= 0.3 is 0 Å². The highest BCUT2D eigenvalue weighted by molar-refractivity contribution is 5.88. The highest BCUT2D eigenvalue weighted by Gasteiger charge is 2.47. The van der Waals surface area contributed by atoms with Gasteiger partial charge in [-0.05, 0) is 44.4 Å². The minimum Gasteiger partial charge on any atom is -0.481 e. The summed E-state index contributed by atoms with van der Waals surface area (Å²) in [6, 6.07) is 9.72. The quantitative estimate of drug-likeness (QED) is 0.568. The first-order chi connectivity index (χ1) is 15.2. The zero-order chi connectivity index (χ0) is 23.1. The maximum absolute atomic E-state index is 14.3. The highest BCUT2D eigenvalue weighted by atomic mass is 19.3. The number of nitriles is 1. The predicted octanol–water partition coefficient (Wildman–Crippen LogP) is 4.23. The average molecular weight is 439 g/mol. The average Bonchev–Trinajstić information content (AvgIpc) is 3.59. The number of halogens is 2. The summed E-state index contributed by atoms with van der Waals surface area (Å²) in [7, 11) is 1.50. The molecule has 1 aliphatic rings. The summed E-state index contributed by atoms with van der Waals surface area (Å²) in [6.45, 7) is 2.89. The minimum absolute atomic E-state index is 0.260. The van der Waals surface area contributed by atoms with Crippen molar-refractivity contribution in [3.8, 4) is 11.9 Å². The van der Waals surface area contributed by atoms with E-state index < -0.39 is 17.4 Å². The zero-order valence-electron chi connectivity index (χ0n) is 17.9. The highest BCUT2D eigenvalue weighted by Crippen LogP contribution is 2.51. The normalized spacial score (nSPS) is 16.8. The molecule has 0 radical (unpaired) electrons. The molecule has 4 rings (SSSR count). The molecule has 1 aromatic carbocycles. The van der Waals surface area contributed by atoms with Crippen LogP contribution in [0.3, 0.4) is 0 Å². The van der Waals surface area contributed by atoms with Gasteiger partial charge in [-0.1, -0.05) is 18.2 Å². The van der Waals surface area contributed by atoms with E-state index in [4.69, 9.17) is 4.74 Å². The number of rotatable bonds is 7. The van der Waals surface area contributed by atoms with Gasteiger partial charge in [0.15, 0.2) is 5.65 Å². The Hall–Kier alpha value is -3.38. The number of methoxy groups -OCH3 is 1. The van der Waals surface area contributed by atoms with E-state index in [0.29, 0.717) is 33.9 Å². The molecule has 2 N–H and O–H groups in total. The number of aliphatic hydroxyl groups excluding tert-OH is 1. The molecule has 2 heterocycles. The van der Waals surface area contributed by atoms with Gasteiger partial charge < -0.3 is 15.2 Å². The minimum atomic E-state index is -3.36. The van der Waals surface area contributed by atoms with E-state index in [0.717, 1.165) is 19.8 Å². The first-order valence-electron chi connectivity index (χ1n) is 10.3. The number of fused-ring (bicyclic) bond motifs is 1. The molecule has 0 aliphatic heterocycles. The van der Waals surface area contributed by atoms with Crippen LogP contribution in [0.25, 0.3) is 11.0 Å². The van der Waals surface area contributed by atoms with Gasteiger partial charge in [-0.15, -0.1) is 0 Å². The van der Waals surface area contributed by atoms with Gasteiger partial charge in [-0.2, -0.15) is 19.0 Å². The van der Waals surface area contributed by atoms with Gasteiger partial charge in [-0.3, -0.25) is 0 Å². The fraction of sp³-hybridized carbons (Fsp3) is 0.391.